The van der Waals surface area contributed by atoms with Crippen LogP contribution in [0.25, 0.3) is 0 Å². The number of amides is 3. The first kappa shape index (κ1) is 22.4. The Bertz CT molecular complexity index is 765. The number of hydrogen-bond donors (Lipinski definition) is 2. The number of nitrogens with zero attached hydrogens (tertiary/aromatic N) is 2. The van der Waals surface area contributed by atoms with Gasteiger partial charge >= 0.3 is 5.97 Å². The fraction of sp³-hybridized carbons (Fsp3) is 0.500. The average molecular weight is 404 g/mol. The van der Waals surface area contributed by atoms with Gasteiger partial charge in [0.05, 0.1) is 19.6 Å². The molecular formula is C20H28N4O5. The third-order valence-electron chi connectivity index (χ3n) is 4.42. The number of benzene rings is 1. The molecular weight excluding hydrogens is 376 g/mol. The van der Waals surface area contributed by atoms with Crippen LogP contribution in [0.1, 0.15) is 30.1 Å². The van der Waals surface area contributed by atoms with E-state index in [-0.39, 0.29) is 30.7 Å². The van der Waals surface area contributed by atoms with Crippen molar-refractivity contribution in [3.8, 4) is 0 Å². The second kappa shape index (κ2) is 10.6. The van der Waals surface area contributed by atoms with Gasteiger partial charge in [-0.05, 0) is 24.6 Å². The van der Waals surface area contributed by atoms with Crippen molar-refractivity contribution in [2.24, 2.45) is 0 Å². The lowest BCUT2D eigenvalue weighted by Crippen LogP contribution is -2.57. The van der Waals surface area contributed by atoms with E-state index in [1.165, 1.54) is 4.90 Å². The number of esters is 1. The summed E-state index contributed by atoms with van der Waals surface area (Å²) in [6.45, 7) is 2.99. The molecule has 1 aromatic carbocycles. The largest absolute Gasteiger partial charge is 0.466 e. The molecule has 1 saturated heterocycles. The topological polar surface area (TPSA) is 108 Å². The Morgan fingerprint density at radius 3 is 2.76 bits per heavy atom. The molecule has 0 saturated carbocycles. The molecule has 2 N–H and O–H groups in total. The highest BCUT2D eigenvalue weighted by atomic mass is 16.5. The third kappa shape index (κ3) is 6.56. The van der Waals surface area contributed by atoms with Gasteiger partial charge in [-0.15, -0.1) is 0 Å². The van der Waals surface area contributed by atoms with Crippen LogP contribution in [-0.4, -0.2) is 79.9 Å². The highest BCUT2D eigenvalue weighted by Gasteiger charge is 2.33. The standard InChI is InChI=1S/C20H28N4O5/c1-4-10-29-18(26)12-16-19(27)21-8-9-24(16)13-17(25)22-15-7-5-6-14(11-15)20(28)23(2)3/h5-7,11,16H,4,8-10,12-13H2,1-3H3,(H,21,27)(H,22,25). The predicted octanol–water partition coefficient (Wildman–Crippen LogP) is 0.471. The lowest BCUT2D eigenvalue weighted by Gasteiger charge is -2.33. The Hall–Kier alpha value is -2.94. The van der Waals surface area contributed by atoms with Crippen LogP contribution in [0.2, 0.25) is 0 Å². The zero-order valence-electron chi connectivity index (χ0n) is 17.1. The molecule has 3 amide bonds. The van der Waals surface area contributed by atoms with Gasteiger partial charge in [0.1, 0.15) is 6.04 Å². The highest BCUT2D eigenvalue weighted by Crippen LogP contribution is 2.14. The number of rotatable bonds is 8. The molecule has 1 aliphatic heterocycles. The van der Waals surface area contributed by atoms with Crippen LogP contribution in [0.15, 0.2) is 24.3 Å². The highest BCUT2D eigenvalue weighted by molar-refractivity contribution is 5.97. The number of anilines is 1. The first-order valence-corrected chi connectivity index (χ1v) is 9.60. The fourth-order valence-electron chi connectivity index (χ4n) is 2.98. The maximum Gasteiger partial charge on any atom is 0.307 e. The second-order valence-corrected chi connectivity index (χ2v) is 7.03. The molecule has 1 aromatic rings. The minimum absolute atomic E-state index is 0.0506. The Kier molecular flexibility index (Phi) is 8.14. The lowest BCUT2D eigenvalue weighted by atomic mass is 10.1. The number of carbonyl (C=O) groups is 4. The van der Waals surface area contributed by atoms with Crippen LogP contribution >= 0.6 is 0 Å². The summed E-state index contributed by atoms with van der Waals surface area (Å²) in [6.07, 6.45) is 0.593. The molecule has 0 bridgehead atoms. The molecule has 29 heavy (non-hydrogen) atoms. The van der Waals surface area contributed by atoms with Crippen LogP contribution in [-0.2, 0) is 19.1 Å². The van der Waals surface area contributed by atoms with Crippen LogP contribution < -0.4 is 10.6 Å². The minimum Gasteiger partial charge on any atom is -0.466 e. The van der Waals surface area contributed by atoms with Crippen molar-refractivity contribution in [3.05, 3.63) is 29.8 Å². The van der Waals surface area contributed by atoms with Crippen LogP contribution in [0.3, 0.4) is 0 Å². The number of nitrogens with one attached hydrogen (secondary N) is 2. The molecule has 0 aromatic heterocycles. The number of carbonyl (C=O) groups excluding carboxylic acids is 4. The predicted molar refractivity (Wildman–Crippen MR) is 107 cm³/mol. The van der Waals surface area contributed by atoms with Crippen LogP contribution in [0.4, 0.5) is 5.69 Å². The summed E-state index contributed by atoms with van der Waals surface area (Å²) in [5, 5.41) is 5.46. The van der Waals surface area contributed by atoms with Crippen molar-refractivity contribution in [1.82, 2.24) is 15.1 Å². The van der Waals surface area contributed by atoms with Crippen molar-refractivity contribution in [3.63, 3.8) is 0 Å². The zero-order valence-corrected chi connectivity index (χ0v) is 17.1. The first-order chi connectivity index (χ1) is 13.8. The monoisotopic (exact) mass is 404 g/mol. The normalized spacial score (nSPS) is 16.7. The molecule has 1 fully saturated rings. The number of piperazine rings is 1. The Morgan fingerprint density at radius 2 is 2.07 bits per heavy atom. The lowest BCUT2D eigenvalue weighted by molar-refractivity contribution is -0.148. The van der Waals surface area contributed by atoms with E-state index < -0.39 is 12.0 Å². The van der Waals surface area contributed by atoms with E-state index >= 15 is 0 Å². The maximum absolute atomic E-state index is 12.5. The molecule has 2 rings (SSSR count). The van der Waals surface area contributed by atoms with Gasteiger partial charge in [0.2, 0.25) is 11.8 Å². The van der Waals surface area contributed by atoms with E-state index in [1.807, 2.05) is 6.92 Å². The van der Waals surface area contributed by atoms with Crippen molar-refractivity contribution < 1.29 is 23.9 Å². The van der Waals surface area contributed by atoms with Crippen molar-refractivity contribution >= 4 is 29.4 Å². The summed E-state index contributed by atoms with van der Waals surface area (Å²) in [6, 6.07) is 5.90. The molecule has 1 aliphatic rings. The van der Waals surface area contributed by atoms with Crippen molar-refractivity contribution in [2.45, 2.75) is 25.8 Å². The van der Waals surface area contributed by atoms with Crippen molar-refractivity contribution in [2.75, 3.05) is 45.7 Å². The minimum atomic E-state index is -0.750. The third-order valence-corrected chi connectivity index (χ3v) is 4.42. The summed E-state index contributed by atoms with van der Waals surface area (Å²) < 4.78 is 5.06. The van der Waals surface area contributed by atoms with E-state index in [9.17, 15) is 19.2 Å². The molecule has 0 radical (unpaired) electrons. The Labute approximate surface area is 170 Å². The van der Waals surface area contributed by atoms with Gasteiger partial charge in [0, 0.05) is 38.4 Å². The van der Waals surface area contributed by atoms with Gasteiger partial charge in [-0.2, -0.15) is 0 Å². The van der Waals surface area contributed by atoms with Gasteiger partial charge in [-0.25, -0.2) is 0 Å². The van der Waals surface area contributed by atoms with Gasteiger partial charge in [-0.1, -0.05) is 13.0 Å². The number of ether oxygens (including phenoxy) is 1. The molecule has 9 heteroatoms. The van der Waals surface area contributed by atoms with Crippen LogP contribution in [0, 0.1) is 0 Å². The quantitative estimate of drug-likeness (QED) is 0.610. The van der Waals surface area contributed by atoms with Gasteiger partial charge in [0.25, 0.3) is 5.91 Å². The van der Waals surface area contributed by atoms with E-state index in [1.54, 1.807) is 43.3 Å². The van der Waals surface area contributed by atoms with Gasteiger partial charge < -0.3 is 20.3 Å². The Balaban J connectivity index is 2.00. The molecule has 0 spiro atoms. The van der Waals surface area contributed by atoms with E-state index in [2.05, 4.69) is 10.6 Å². The molecule has 158 valence electrons. The fourth-order valence-corrected chi connectivity index (χ4v) is 2.98. The first-order valence-electron chi connectivity index (χ1n) is 9.60. The van der Waals surface area contributed by atoms with E-state index in [0.717, 1.165) is 0 Å². The smallest absolute Gasteiger partial charge is 0.307 e. The average Bonchev–Trinajstić information content (AvgIpc) is 2.68. The van der Waals surface area contributed by atoms with E-state index in [0.29, 0.717) is 37.4 Å². The summed E-state index contributed by atoms with van der Waals surface area (Å²) in [7, 11) is 3.31. The second-order valence-electron chi connectivity index (χ2n) is 7.03. The molecule has 1 unspecified atom stereocenters. The molecule has 0 aliphatic carbocycles. The van der Waals surface area contributed by atoms with Crippen LogP contribution in [0.5, 0.6) is 0 Å². The summed E-state index contributed by atoms with van der Waals surface area (Å²) in [5.74, 6) is -1.26. The van der Waals surface area contributed by atoms with Gasteiger partial charge in [0.15, 0.2) is 0 Å². The SMILES string of the molecule is CCCOC(=O)CC1C(=O)NCCN1CC(=O)Nc1cccc(C(=O)N(C)C)c1. The summed E-state index contributed by atoms with van der Waals surface area (Å²) in [4.78, 5) is 51.8. The van der Waals surface area contributed by atoms with Gasteiger partial charge in [-0.3, -0.25) is 24.1 Å². The summed E-state index contributed by atoms with van der Waals surface area (Å²) >= 11 is 0. The number of hydrogen-bond acceptors (Lipinski definition) is 6. The maximum atomic E-state index is 12.5. The molecule has 9 nitrogen and oxygen atoms in total. The molecule has 1 heterocycles. The van der Waals surface area contributed by atoms with Crippen molar-refractivity contribution in [1.29, 1.82) is 0 Å². The van der Waals surface area contributed by atoms with E-state index in [4.69, 9.17) is 4.74 Å². The Morgan fingerprint density at radius 1 is 1.31 bits per heavy atom. The zero-order chi connectivity index (χ0) is 21.4. The molecule has 1 atom stereocenters. The summed E-state index contributed by atoms with van der Waals surface area (Å²) in [5.41, 5.74) is 0.949.